The van der Waals surface area contributed by atoms with Crippen LogP contribution in [0.5, 0.6) is 17.2 Å². The third kappa shape index (κ3) is 6.10. The van der Waals surface area contributed by atoms with Crippen LogP contribution in [0.2, 0.25) is 0 Å². The van der Waals surface area contributed by atoms with E-state index in [-0.39, 0.29) is 5.95 Å². The Balaban J connectivity index is 0.000000366. The molecule has 1 aromatic carbocycles. The van der Waals surface area contributed by atoms with Gasteiger partial charge in [-0.25, -0.2) is 14.6 Å². The first kappa shape index (κ1) is 23.0. The third-order valence-electron chi connectivity index (χ3n) is 4.02. The smallest absolute Gasteiger partial charge is 0.328 e. The van der Waals surface area contributed by atoms with Gasteiger partial charge in [-0.15, -0.1) is 0 Å². The van der Waals surface area contributed by atoms with Crippen LogP contribution in [-0.2, 0) is 16.0 Å². The third-order valence-corrected chi connectivity index (χ3v) is 4.02. The van der Waals surface area contributed by atoms with E-state index in [0.29, 0.717) is 48.2 Å². The summed E-state index contributed by atoms with van der Waals surface area (Å²) < 4.78 is 16.6. The highest BCUT2D eigenvalue weighted by atomic mass is 16.5. The highest BCUT2D eigenvalue weighted by Crippen LogP contribution is 2.44. The Kier molecular flexibility index (Phi) is 7.78. The first-order valence-corrected chi connectivity index (χ1v) is 8.84. The molecule has 0 saturated heterocycles. The number of aromatic nitrogens is 2. The van der Waals surface area contributed by atoms with Crippen LogP contribution >= 0.6 is 0 Å². The lowest BCUT2D eigenvalue weighted by atomic mass is 9.97. The maximum atomic E-state index is 9.55. The minimum absolute atomic E-state index is 0.156. The van der Waals surface area contributed by atoms with Crippen molar-refractivity contribution in [3.05, 3.63) is 47.2 Å². The number of nitrogens with zero attached hydrogens (tertiary/aromatic N) is 2. The lowest BCUT2D eigenvalue weighted by Crippen LogP contribution is -2.08. The fourth-order valence-corrected chi connectivity index (χ4v) is 2.71. The molecule has 0 amide bonds. The Hall–Kier alpha value is -4.28. The fourth-order valence-electron chi connectivity index (χ4n) is 2.71. The second-order valence-corrected chi connectivity index (χ2v) is 6.05. The maximum Gasteiger partial charge on any atom is 0.328 e. The highest BCUT2D eigenvalue weighted by Gasteiger charge is 2.22. The van der Waals surface area contributed by atoms with Gasteiger partial charge >= 0.3 is 11.9 Å². The van der Waals surface area contributed by atoms with E-state index in [0.717, 1.165) is 16.7 Å². The van der Waals surface area contributed by atoms with Crippen molar-refractivity contribution in [2.24, 2.45) is 0 Å². The topological polar surface area (TPSA) is 180 Å². The second kappa shape index (κ2) is 10.5. The van der Waals surface area contributed by atoms with Gasteiger partial charge in [0.1, 0.15) is 12.4 Å². The Bertz CT molecular complexity index is 1020. The minimum Gasteiger partial charge on any atom is -0.493 e. The van der Waals surface area contributed by atoms with Crippen molar-refractivity contribution in [1.29, 1.82) is 0 Å². The lowest BCUT2D eigenvalue weighted by molar-refractivity contribution is -0.134. The van der Waals surface area contributed by atoms with E-state index >= 15 is 0 Å². The van der Waals surface area contributed by atoms with Crippen LogP contribution in [-0.4, -0.2) is 52.9 Å². The molecule has 0 bridgehead atoms. The van der Waals surface area contributed by atoms with Gasteiger partial charge in [0.15, 0.2) is 11.5 Å². The average molecular weight is 430 g/mol. The number of carboxylic acids is 2. The van der Waals surface area contributed by atoms with Crippen molar-refractivity contribution in [2.45, 2.75) is 6.42 Å². The number of methoxy groups -OCH3 is 2. The van der Waals surface area contributed by atoms with E-state index in [9.17, 15) is 9.59 Å². The number of nitrogen functional groups attached to an aromatic ring is 2. The molecule has 0 fully saturated rings. The summed E-state index contributed by atoms with van der Waals surface area (Å²) in [6.45, 7) is 0.489. The predicted molar refractivity (Wildman–Crippen MR) is 112 cm³/mol. The number of hydrogen-bond acceptors (Lipinski definition) is 9. The molecule has 2 aromatic rings. The minimum atomic E-state index is -1.26. The molecule has 31 heavy (non-hydrogen) atoms. The zero-order valence-electron chi connectivity index (χ0n) is 16.9. The van der Waals surface area contributed by atoms with Gasteiger partial charge in [-0.3, -0.25) is 0 Å². The normalized spacial score (nSPS) is 11.7. The van der Waals surface area contributed by atoms with Crippen LogP contribution in [0.1, 0.15) is 16.7 Å². The van der Waals surface area contributed by atoms with Crippen LogP contribution in [0.3, 0.4) is 0 Å². The molecule has 0 radical (unpaired) electrons. The highest BCUT2D eigenvalue weighted by molar-refractivity contribution is 5.89. The van der Waals surface area contributed by atoms with Gasteiger partial charge in [-0.2, -0.15) is 4.98 Å². The van der Waals surface area contributed by atoms with Crippen LogP contribution in [0.25, 0.3) is 6.08 Å². The molecule has 0 aliphatic carbocycles. The number of benzene rings is 1. The van der Waals surface area contributed by atoms with Gasteiger partial charge in [0.2, 0.25) is 11.7 Å². The molecular weight excluding hydrogens is 408 g/mol. The van der Waals surface area contributed by atoms with E-state index in [4.69, 9.17) is 35.9 Å². The van der Waals surface area contributed by atoms with Gasteiger partial charge < -0.3 is 35.9 Å². The van der Waals surface area contributed by atoms with Crippen molar-refractivity contribution in [1.82, 2.24) is 9.97 Å². The number of nitrogens with two attached hydrogens (primary N) is 2. The van der Waals surface area contributed by atoms with Gasteiger partial charge in [0.05, 0.1) is 14.2 Å². The first-order chi connectivity index (χ1) is 14.8. The number of rotatable bonds is 6. The summed E-state index contributed by atoms with van der Waals surface area (Å²) >= 11 is 0. The summed E-state index contributed by atoms with van der Waals surface area (Å²) in [5, 5.41) is 15.6. The predicted octanol–water partition coefficient (Wildman–Crippen LogP) is 1.37. The molecule has 2 heterocycles. The summed E-state index contributed by atoms with van der Waals surface area (Å²) in [5.41, 5.74) is 14.2. The van der Waals surface area contributed by atoms with Gasteiger partial charge in [-0.1, -0.05) is 6.08 Å². The quantitative estimate of drug-likeness (QED) is 0.486. The monoisotopic (exact) mass is 430 g/mol. The molecule has 3 rings (SSSR count). The van der Waals surface area contributed by atoms with Crippen LogP contribution in [0, 0.1) is 0 Å². The molecule has 0 unspecified atom stereocenters. The molecule has 1 aromatic heterocycles. The number of aliphatic carboxylic acids is 2. The molecule has 1 aliphatic rings. The van der Waals surface area contributed by atoms with Crippen molar-refractivity contribution < 1.29 is 34.0 Å². The SMILES string of the molecule is COc1cc(Cc2cnc(N)nc2N)c2c(c1OC)OCC=C2.O=C(O)C=CC(=O)O. The first-order valence-electron chi connectivity index (χ1n) is 8.84. The van der Waals surface area contributed by atoms with E-state index in [1.807, 2.05) is 18.2 Å². The van der Waals surface area contributed by atoms with E-state index < -0.39 is 11.9 Å². The van der Waals surface area contributed by atoms with Crippen molar-refractivity contribution in [3.63, 3.8) is 0 Å². The largest absolute Gasteiger partial charge is 0.493 e. The Morgan fingerprint density at radius 3 is 2.39 bits per heavy atom. The molecule has 0 atom stereocenters. The van der Waals surface area contributed by atoms with E-state index in [1.54, 1.807) is 20.4 Å². The van der Waals surface area contributed by atoms with Crippen LogP contribution < -0.4 is 25.7 Å². The van der Waals surface area contributed by atoms with Crippen LogP contribution in [0.15, 0.2) is 30.5 Å². The number of carboxylic acid groups (broad SMARTS) is 2. The molecule has 11 heteroatoms. The summed E-state index contributed by atoms with van der Waals surface area (Å²) in [5.74, 6) is -0.145. The number of anilines is 2. The Labute approximate surface area is 177 Å². The molecule has 6 N–H and O–H groups in total. The molecule has 11 nitrogen and oxygen atoms in total. The van der Waals surface area contributed by atoms with Crippen molar-refractivity contribution >= 4 is 29.8 Å². The Morgan fingerprint density at radius 2 is 1.84 bits per heavy atom. The number of ether oxygens (including phenoxy) is 3. The molecule has 0 spiro atoms. The van der Waals surface area contributed by atoms with E-state index in [1.165, 1.54) is 0 Å². The molecule has 0 saturated carbocycles. The van der Waals surface area contributed by atoms with Crippen LogP contribution in [0.4, 0.5) is 11.8 Å². The summed E-state index contributed by atoms with van der Waals surface area (Å²) in [6.07, 6.45) is 7.23. The number of fused-ring (bicyclic) bond motifs is 1. The second-order valence-electron chi connectivity index (χ2n) is 6.05. The van der Waals surface area contributed by atoms with Crippen molar-refractivity contribution in [2.75, 3.05) is 32.3 Å². The zero-order chi connectivity index (χ0) is 23.0. The average Bonchev–Trinajstić information content (AvgIpc) is 2.74. The van der Waals surface area contributed by atoms with Gasteiger partial charge in [0, 0.05) is 35.9 Å². The summed E-state index contributed by atoms with van der Waals surface area (Å²) in [6, 6.07) is 1.91. The standard InChI is InChI=1S/C16H18N4O3.C4H4O4/c1-21-12-7-9(6-10-8-19-16(18)20-15(10)17)11-4-3-5-23-13(11)14(12)22-2;5-3(6)1-2-4(7)8/h3-4,7-8H,5-6H2,1-2H3,(H4,17,18,19,20);1-2H,(H,5,6)(H,7,8). The Morgan fingerprint density at radius 1 is 1.16 bits per heavy atom. The molecule has 164 valence electrons. The lowest BCUT2D eigenvalue weighted by Gasteiger charge is -2.21. The summed E-state index contributed by atoms with van der Waals surface area (Å²) in [7, 11) is 3.18. The fraction of sp³-hybridized carbons (Fsp3) is 0.200. The zero-order valence-corrected chi connectivity index (χ0v) is 16.9. The van der Waals surface area contributed by atoms with Gasteiger partial charge in [0.25, 0.3) is 0 Å². The van der Waals surface area contributed by atoms with Crippen molar-refractivity contribution in [3.8, 4) is 17.2 Å². The molecular formula is C20H22N4O7. The number of hydrogen-bond donors (Lipinski definition) is 4. The maximum absolute atomic E-state index is 9.55. The number of carbonyl (C=O) groups is 2. The molecule has 1 aliphatic heterocycles. The van der Waals surface area contributed by atoms with E-state index in [2.05, 4.69) is 9.97 Å². The summed E-state index contributed by atoms with van der Waals surface area (Å²) in [4.78, 5) is 27.1. The van der Waals surface area contributed by atoms with Gasteiger partial charge in [-0.05, 0) is 17.7 Å².